The molecule has 1 aliphatic rings. The number of hydrogen-bond donors (Lipinski definition) is 1. The van der Waals surface area contributed by atoms with Crippen LogP contribution in [0.4, 0.5) is 0 Å². The van der Waals surface area contributed by atoms with Crippen LogP contribution >= 0.6 is 15.9 Å². The van der Waals surface area contributed by atoms with E-state index in [1.807, 2.05) is 25.1 Å². The minimum absolute atomic E-state index is 0.0486. The minimum Gasteiger partial charge on any atom is -0.349 e. The van der Waals surface area contributed by atoms with Crippen molar-refractivity contribution in [3.8, 4) is 0 Å². The van der Waals surface area contributed by atoms with E-state index >= 15 is 0 Å². The molecule has 0 atom stereocenters. The number of carbonyl (C=O) groups excluding carboxylic acids is 1. The zero-order valence-corrected chi connectivity index (χ0v) is 11.2. The number of benzene rings is 1. The maximum absolute atomic E-state index is 11.9. The van der Waals surface area contributed by atoms with Crippen LogP contribution in [0.1, 0.15) is 35.7 Å². The fourth-order valence-corrected chi connectivity index (χ4v) is 2.32. The maximum atomic E-state index is 11.9. The highest BCUT2D eigenvalue weighted by Gasteiger charge is 2.26. The lowest BCUT2D eigenvalue weighted by atomic mass is 9.82. The van der Waals surface area contributed by atoms with E-state index in [9.17, 15) is 4.79 Å². The van der Waals surface area contributed by atoms with Crippen LogP contribution in [0.15, 0.2) is 22.7 Å². The summed E-state index contributed by atoms with van der Waals surface area (Å²) in [5.74, 6) is 0.810. The van der Waals surface area contributed by atoms with E-state index in [0.717, 1.165) is 34.4 Å². The number of hydrogen-bond acceptors (Lipinski definition) is 1. The molecular formula is C13H16BrNO. The molecule has 2 rings (SSSR count). The molecule has 0 heterocycles. The number of amides is 1. The highest BCUT2D eigenvalue weighted by atomic mass is 79.9. The zero-order chi connectivity index (χ0) is 11.7. The number of aryl methyl sites for hydroxylation is 1. The summed E-state index contributed by atoms with van der Waals surface area (Å²) in [6.45, 7) is 4.21. The topological polar surface area (TPSA) is 29.1 Å². The number of nitrogens with one attached hydrogen (secondary N) is 1. The molecule has 1 aromatic rings. The Morgan fingerprint density at radius 3 is 2.69 bits per heavy atom. The molecule has 0 radical (unpaired) electrons. The monoisotopic (exact) mass is 281 g/mol. The minimum atomic E-state index is 0.0486. The van der Waals surface area contributed by atoms with Crippen LogP contribution in [0, 0.1) is 12.8 Å². The summed E-state index contributed by atoms with van der Waals surface area (Å²) in [6, 6.07) is 6.08. The number of carbonyl (C=O) groups is 1. The number of rotatable bonds is 2. The average molecular weight is 282 g/mol. The first-order chi connectivity index (χ1) is 7.56. The van der Waals surface area contributed by atoms with Gasteiger partial charge in [0, 0.05) is 16.1 Å². The molecule has 86 valence electrons. The third kappa shape index (κ3) is 2.46. The van der Waals surface area contributed by atoms with Gasteiger partial charge < -0.3 is 5.32 Å². The maximum Gasteiger partial charge on any atom is 0.251 e. The summed E-state index contributed by atoms with van der Waals surface area (Å²) in [4.78, 5) is 11.9. The fraction of sp³-hybridized carbons (Fsp3) is 0.462. The van der Waals surface area contributed by atoms with E-state index in [1.165, 1.54) is 0 Å². The van der Waals surface area contributed by atoms with Gasteiger partial charge in [0.2, 0.25) is 0 Å². The molecule has 0 bridgehead atoms. The van der Waals surface area contributed by atoms with Crippen LogP contribution in [0.3, 0.4) is 0 Å². The standard InChI is InChI=1S/C13H16BrNO/c1-8-5-11(6-8)15-13(16)10-3-4-12(14)9(2)7-10/h3-4,7-8,11H,5-6H2,1-2H3,(H,15,16). The molecule has 1 amide bonds. The van der Waals surface area contributed by atoms with Crippen molar-refractivity contribution in [2.45, 2.75) is 32.7 Å². The highest BCUT2D eigenvalue weighted by Crippen LogP contribution is 2.26. The Labute approximate surface area is 105 Å². The second-order valence-corrected chi connectivity index (χ2v) is 5.57. The van der Waals surface area contributed by atoms with Crippen molar-refractivity contribution in [2.24, 2.45) is 5.92 Å². The lowest BCUT2D eigenvalue weighted by Crippen LogP contribution is -2.43. The van der Waals surface area contributed by atoms with Crippen LogP contribution in [-0.4, -0.2) is 11.9 Å². The van der Waals surface area contributed by atoms with Crippen molar-refractivity contribution in [3.63, 3.8) is 0 Å². The Kier molecular flexibility index (Phi) is 3.33. The first-order valence-corrected chi connectivity index (χ1v) is 6.42. The third-order valence-corrected chi connectivity index (χ3v) is 4.02. The fourth-order valence-electron chi connectivity index (χ4n) is 2.07. The van der Waals surface area contributed by atoms with Crippen LogP contribution in [0.2, 0.25) is 0 Å². The summed E-state index contributed by atoms with van der Waals surface area (Å²) in [7, 11) is 0. The Bertz CT molecular complexity index is 410. The van der Waals surface area contributed by atoms with Gasteiger partial charge in [-0.1, -0.05) is 22.9 Å². The van der Waals surface area contributed by atoms with Crippen LogP contribution < -0.4 is 5.32 Å². The summed E-state index contributed by atoms with van der Waals surface area (Å²) >= 11 is 3.43. The van der Waals surface area contributed by atoms with Gasteiger partial charge >= 0.3 is 0 Å². The lowest BCUT2D eigenvalue weighted by Gasteiger charge is -2.33. The van der Waals surface area contributed by atoms with E-state index in [1.54, 1.807) is 0 Å². The van der Waals surface area contributed by atoms with Gasteiger partial charge in [-0.05, 0) is 49.4 Å². The molecule has 0 spiro atoms. The van der Waals surface area contributed by atoms with Crippen molar-refractivity contribution < 1.29 is 4.79 Å². The van der Waals surface area contributed by atoms with Crippen molar-refractivity contribution in [2.75, 3.05) is 0 Å². The molecule has 1 fully saturated rings. The van der Waals surface area contributed by atoms with Gasteiger partial charge in [0.1, 0.15) is 0 Å². The Hall–Kier alpha value is -0.830. The summed E-state index contributed by atoms with van der Waals surface area (Å²) in [5.41, 5.74) is 1.84. The molecule has 3 heteroatoms. The predicted octanol–water partition coefficient (Wildman–Crippen LogP) is 3.29. The van der Waals surface area contributed by atoms with Gasteiger partial charge in [-0.15, -0.1) is 0 Å². The third-order valence-electron chi connectivity index (χ3n) is 3.13. The van der Waals surface area contributed by atoms with Gasteiger partial charge in [0.25, 0.3) is 5.91 Å². The Balaban J connectivity index is 2.01. The molecule has 1 aromatic carbocycles. The second-order valence-electron chi connectivity index (χ2n) is 4.71. The quantitative estimate of drug-likeness (QED) is 0.886. The first-order valence-electron chi connectivity index (χ1n) is 5.63. The van der Waals surface area contributed by atoms with Gasteiger partial charge in [-0.3, -0.25) is 4.79 Å². The van der Waals surface area contributed by atoms with Crippen molar-refractivity contribution >= 4 is 21.8 Å². The van der Waals surface area contributed by atoms with E-state index in [2.05, 4.69) is 28.2 Å². The normalized spacial score (nSPS) is 23.7. The second kappa shape index (κ2) is 4.58. The van der Waals surface area contributed by atoms with Crippen molar-refractivity contribution in [3.05, 3.63) is 33.8 Å². The van der Waals surface area contributed by atoms with E-state index < -0.39 is 0 Å². The van der Waals surface area contributed by atoms with Gasteiger partial charge in [-0.25, -0.2) is 0 Å². The molecule has 0 aromatic heterocycles. The molecule has 2 nitrogen and oxygen atoms in total. The molecule has 1 saturated carbocycles. The Morgan fingerprint density at radius 1 is 1.44 bits per heavy atom. The van der Waals surface area contributed by atoms with Crippen LogP contribution in [0.5, 0.6) is 0 Å². The summed E-state index contributed by atoms with van der Waals surface area (Å²) in [5, 5.41) is 3.06. The molecule has 0 saturated heterocycles. The lowest BCUT2D eigenvalue weighted by molar-refractivity contribution is 0.0896. The predicted molar refractivity (Wildman–Crippen MR) is 68.5 cm³/mol. The summed E-state index contributed by atoms with van der Waals surface area (Å²) < 4.78 is 1.04. The van der Waals surface area contributed by atoms with Gasteiger partial charge in [-0.2, -0.15) is 0 Å². The zero-order valence-electron chi connectivity index (χ0n) is 9.59. The highest BCUT2D eigenvalue weighted by molar-refractivity contribution is 9.10. The molecule has 0 aliphatic heterocycles. The first kappa shape index (κ1) is 11.6. The largest absolute Gasteiger partial charge is 0.349 e. The van der Waals surface area contributed by atoms with Crippen LogP contribution in [0.25, 0.3) is 0 Å². The molecule has 1 aliphatic carbocycles. The summed E-state index contributed by atoms with van der Waals surface area (Å²) in [6.07, 6.45) is 2.22. The van der Waals surface area contributed by atoms with Crippen molar-refractivity contribution in [1.29, 1.82) is 0 Å². The van der Waals surface area contributed by atoms with Crippen LogP contribution in [-0.2, 0) is 0 Å². The molecule has 16 heavy (non-hydrogen) atoms. The average Bonchev–Trinajstić information content (AvgIpc) is 2.19. The van der Waals surface area contributed by atoms with E-state index in [-0.39, 0.29) is 5.91 Å². The number of halogens is 1. The molecule has 0 unspecified atom stereocenters. The molecule has 1 N–H and O–H groups in total. The molecular weight excluding hydrogens is 266 g/mol. The van der Waals surface area contributed by atoms with Crippen molar-refractivity contribution in [1.82, 2.24) is 5.32 Å². The SMILES string of the molecule is Cc1cc(C(=O)NC2CC(C)C2)ccc1Br. The Morgan fingerprint density at radius 2 is 2.12 bits per heavy atom. The smallest absolute Gasteiger partial charge is 0.251 e. The van der Waals surface area contributed by atoms with E-state index in [0.29, 0.717) is 6.04 Å². The van der Waals surface area contributed by atoms with Gasteiger partial charge in [0.15, 0.2) is 0 Å². The van der Waals surface area contributed by atoms with Gasteiger partial charge in [0.05, 0.1) is 0 Å². The van der Waals surface area contributed by atoms with E-state index in [4.69, 9.17) is 0 Å².